The summed E-state index contributed by atoms with van der Waals surface area (Å²) in [5, 5.41) is 6.97. The Morgan fingerprint density at radius 1 is 1.23 bits per heavy atom. The van der Waals surface area contributed by atoms with Gasteiger partial charge in [-0.1, -0.05) is 6.07 Å². The van der Waals surface area contributed by atoms with Crippen LogP contribution in [0.25, 0.3) is 16.2 Å². The van der Waals surface area contributed by atoms with Crippen molar-refractivity contribution in [1.29, 1.82) is 0 Å². The van der Waals surface area contributed by atoms with E-state index < -0.39 is 0 Å². The van der Waals surface area contributed by atoms with Crippen molar-refractivity contribution in [2.75, 3.05) is 7.11 Å². The molecule has 1 amide bonds. The molecule has 0 saturated heterocycles. The molecule has 1 aromatic carbocycles. The zero-order chi connectivity index (χ0) is 17.9. The highest BCUT2D eigenvalue weighted by Gasteiger charge is 2.12. The Labute approximate surface area is 158 Å². The summed E-state index contributed by atoms with van der Waals surface area (Å²) in [6.45, 7) is 0.574. The van der Waals surface area contributed by atoms with E-state index in [1.807, 2.05) is 57.8 Å². The summed E-state index contributed by atoms with van der Waals surface area (Å²) in [4.78, 5) is 18.9. The van der Waals surface area contributed by atoms with Crippen LogP contribution in [0.5, 0.6) is 5.75 Å². The fourth-order valence-corrected chi connectivity index (χ4v) is 4.20. The number of ether oxygens (including phenoxy) is 1. The smallest absolute Gasteiger partial charge is 0.226 e. The molecule has 4 rings (SSSR count). The summed E-state index contributed by atoms with van der Waals surface area (Å²) in [6.07, 6.45) is 2.32. The molecule has 132 valence electrons. The molecule has 0 unspecified atom stereocenters. The molecular formula is C19H17N3O2S2. The van der Waals surface area contributed by atoms with Crippen LogP contribution in [-0.4, -0.2) is 22.4 Å². The molecule has 0 radical (unpaired) electrons. The lowest BCUT2D eigenvalue weighted by Gasteiger charge is -2.03. The van der Waals surface area contributed by atoms with Gasteiger partial charge in [0.2, 0.25) is 5.91 Å². The van der Waals surface area contributed by atoms with Gasteiger partial charge in [0.05, 0.1) is 25.8 Å². The first-order valence-electron chi connectivity index (χ1n) is 8.12. The van der Waals surface area contributed by atoms with Gasteiger partial charge in [0.25, 0.3) is 0 Å². The number of rotatable bonds is 6. The number of thiazole rings is 1. The summed E-state index contributed by atoms with van der Waals surface area (Å²) in [6, 6.07) is 11.8. The maximum absolute atomic E-state index is 12.2. The van der Waals surface area contributed by atoms with Gasteiger partial charge in [-0.2, -0.15) is 0 Å². The van der Waals surface area contributed by atoms with E-state index in [4.69, 9.17) is 4.74 Å². The number of carbonyl (C=O) groups is 1. The van der Waals surface area contributed by atoms with E-state index in [-0.39, 0.29) is 5.91 Å². The fraction of sp³-hybridized carbons (Fsp3) is 0.158. The van der Waals surface area contributed by atoms with E-state index in [0.29, 0.717) is 13.0 Å². The second-order valence-electron chi connectivity index (χ2n) is 5.77. The molecule has 7 heteroatoms. The van der Waals surface area contributed by atoms with Crippen molar-refractivity contribution in [2.45, 2.75) is 13.0 Å². The third-order valence-corrected chi connectivity index (χ3v) is 5.82. The standard InChI is InChI=1S/C19H17N3O2S2/c1-24-15-6-4-13(5-7-15)17-11-22-14(12-26-19(22)21-17)9-18(23)20-10-16-3-2-8-25-16/h2-8,11-12H,9-10H2,1H3,(H,20,23). The largest absolute Gasteiger partial charge is 0.497 e. The van der Waals surface area contributed by atoms with Crippen molar-refractivity contribution in [3.63, 3.8) is 0 Å². The number of aromatic nitrogens is 2. The Balaban J connectivity index is 1.49. The highest BCUT2D eigenvalue weighted by Crippen LogP contribution is 2.25. The molecule has 0 atom stereocenters. The SMILES string of the molecule is COc1ccc(-c2cn3c(CC(=O)NCc4cccs4)csc3n2)cc1. The Kier molecular flexibility index (Phi) is 4.73. The second-order valence-corrected chi connectivity index (χ2v) is 7.64. The average Bonchev–Trinajstić information content (AvgIpc) is 3.39. The van der Waals surface area contributed by atoms with Crippen molar-refractivity contribution in [3.05, 3.63) is 63.9 Å². The maximum Gasteiger partial charge on any atom is 0.226 e. The van der Waals surface area contributed by atoms with Crippen molar-refractivity contribution >= 4 is 33.5 Å². The van der Waals surface area contributed by atoms with Gasteiger partial charge >= 0.3 is 0 Å². The van der Waals surface area contributed by atoms with Crippen LogP contribution < -0.4 is 10.1 Å². The summed E-state index contributed by atoms with van der Waals surface area (Å²) >= 11 is 3.19. The summed E-state index contributed by atoms with van der Waals surface area (Å²) in [5.74, 6) is 0.829. The number of nitrogens with one attached hydrogen (secondary N) is 1. The molecule has 26 heavy (non-hydrogen) atoms. The van der Waals surface area contributed by atoms with E-state index in [9.17, 15) is 4.79 Å². The molecular weight excluding hydrogens is 366 g/mol. The first-order chi connectivity index (χ1) is 12.7. The molecule has 3 heterocycles. The summed E-state index contributed by atoms with van der Waals surface area (Å²) in [7, 11) is 1.65. The third kappa shape index (κ3) is 3.49. The van der Waals surface area contributed by atoms with Gasteiger partial charge in [0.15, 0.2) is 4.96 Å². The molecule has 0 saturated carbocycles. The van der Waals surface area contributed by atoms with Crippen molar-refractivity contribution in [3.8, 4) is 17.0 Å². The summed E-state index contributed by atoms with van der Waals surface area (Å²) < 4.78 is 7.19. The number of methoxy groups -OCH3 is 1. The Bertz CT molecular complexity index is 1020. The number of amides is 1. The monoisotopic (exact) mass is 383 g/mol. The van der Waals surface area contributed by atoms with Crippen molar-refractivity contribution < 1.29 is 9.53 Å². The Hall–Kier alpha value is -2.64. The minimum Gasteiger partial charge on any atom is -0.497 e. The zero-order valence-corrected chi connectivity index (χ0v) is 15.8. The van der Waals surface area contributed by atoms with Gasteiger partial charge in [0.1, 0.15) is 5.75 Å². The van der Waals surface area contributed by atoms with E-state index in [1.54, 1.807) is 29.8 Å². The molecule has 5 nitrogen and oxygen atoms in total. The molecule has 0 aliphatic rings. The molecule has 3 aromatic heterocycles. The van der Waals surface area contributed by atoms with Gasteiger partial charge < -0.3 is 10.1 Å². The van der Waals surface area contributed by atoms with Crippen molar-refractivity contribution in [1.82, 2.24) is 14.7 Å². The van der Waals surface area contributed by atoms with E-state index in [0.717, 1.165) is 32.5 Å². The van der Waals surface area contributed by atoms with Crippen LogP contribution in [-0.2, 0) is 17.8 Å². The topological polar surface area (TPSA) is 55.6 Å². The fourth-order valence-electron chi connectivity index (χ4n) is 2.68. The van der Waals surface area contributed by atoms with E-state index in [2.05, 4.69) is 10.3 Å². The normalized spacial score (nSPS) is 11.0. The van der Waals surface area contributed by atoms with Crippen molar-refractivity contribution in [2.24, 2.45) is 0 Å². The minimum atomic E-state index is 0.0118. The molecule has 0 aliphatic carbocycles. The van der Waals surface area contributed by atoms with Gasteiger partial charge in [0, 0.05) is 27.7 Å². The zero-order valence-electron chi connectivity index (χ0n) is 14.1. The number of carbonyl (C=O) groups excluding carboxylic acids is 1. The third-order valence-electron chi connectivity index (χ3n) is 4.05. The predicted octanol–water partition coefficient (Wildman–Crippen LogP) is 3.99. The van der Waals surface area contributed by atoms with Crippen LogP contribution in [0.15, 0.2) is 53.4 Å². The second kappa shape index (κ2) is 7.31. The summed E-state index contributed by atoms with van der Waals surface area (Å²) in [5.41, 5.74) is 2.86. The first kappa shape index (κ1) is 16.8. The van der Waals surface area contributed by atoms with Crippen LogP contribution in [0.3, 0.4) is 0 Å². The molecule has 4 aromatic rings. The number of imidazole rings is 1. The Morgan fingerprint density at radius 2 is 2.08 bits per heavy atom. The van der Waals surface area contributed by atoms with Crippen LogP contribution >= 0.6 is 22.7 Å². The maximum atomic E-state index is 12.2. The number of benzene rings is 1. The number of nitrogens with zero attached hydrogens (tertiary/aromatic N) is 2. The Morgan fingerprint density at radius 3 is 2.81 bits per heavy atom. The van der Waals surface area contributed by atoms with Crippen LogP contribution in [0.1, 0.15) is 10.6 Å². The van der Waals surface area contributed by atoms with Crippen LogP contribution in [0, 0.1) is 0 Å². The first-order valence-corrected chi connectivity index (χ1v) is 9.88. The van der Waals surface area contributed by atoms with E-state index >= 15 is 0 Å². The van der Waals surface area contributed by atoms with Crippen LogP contribution in [0.4, 0.5) is 0 Å². The lowest BCUT2D eigenvalue weighted by molar-refractivity contribution is -0.120. The lowest BCUT2D eigenvalue weighted by atomic mass is 10.2. The van der Waals surface area contributed by atoms with Crippen LogP contribution in [0.2, 0.25) is 0 Å². The predicted molar refractivity (Wildman–Crippen MR) is 105 cm³/mol. The van der Waals surface area contributed by atoms with E-state index in [1.165, 1.54) is 0 Å². The molecule has 0 spiro atoms. The minimum absolute atomic E-state index is 0.0118. The number of fused-ring (bicyclic) bond motifs is 1. The molecule has 1 N–H and O–H groups in total. The molecule has 0 fully saturated rings. The lowest BCUT2D eigenvalue weighted by Crippen LogP contribution is -2.24. The molecule has 0 bridgehead atoms. The number of hydrogen-bond donors (Lipinski definition) is 1. The van der Waals surface area contributed by atoms with Gasteiger partial charge in [-0.05, 0) is 35.7 Å². The quantitative estimate of drug-likeness (QED) is 0.548. The number of thiophene rings is 1. The highest BCUT2D eigenvalue weighted by molar-refractivity contribution is 7.15. The highest BCUT2D eigenvalue weighted by atomic mass is 32.1. The van der Waals surface area contributed by atoms with Gasteiger partial charge in [-0.25, -0.2) is 4.98 Å². The van der Waals surface area contributed by atoms with Gasteiger partial charge in [-0.15, -0.1) is 22.7 Å². The van der Waals surface area contributed by atoms with Gasteiger partial charge in [-0.3, -0.25) is 9.20 Å². The molecule has 0 aliphatic heterocycles. The average molecular weight is 383 g/mol. The number of hydrogen-bond acceptors (Lipinski definition) is 5.